The van der Waals surface area contributed by atoms with Gasteiger partial charge in [0.05, 0.1) is 7.11 Å². The van der Waals surface area contributed by atoms with E-state index in [2.05, 4.69) is 22.8 Å². The predicted octanol–water partition coefficient (Wildman–Crippen LogP) is 3.23. The molecular formula is C15H13N3OS. The molecule has 0 amide bonds. The highest BCUT2D eigenvalue weighted by atomic mass is 32.1. The number of thiol groups is 1. The molecule has 0 N–H and O–H groups in total. The number of benzene rings is 2. The van der Waals surface area contributed by atoms with Crippen molar-refractivity contribution in [1.82, 2.24) is 14.8 Å². The maximum atomic E-state index is 5.17. The van der Waals surface area contributed by atoms with Gasteiger partial charge in [-0.25, -0.2) is 0 Å². The van der Waals surface area contributed by atoms with Crippen LogP contribution in [0.25, 0.3) is 17.1 Å². The average Bonchev–Trinajstić information content (AvgIpc) is 2.90. The van der Waals surface area contributed by atoms with Crippen molar-refractivity contribution in [3.63, 3.8) is 0 Å². The summed E-state index contributed by atoms with van der Waals surface area (Å²) in [6, 6.07) is 17.6. The Kier molecular flexibility index (Phi) is 3.43. The third kappa shape index (κ3) is 2.28. The Morgan fingerprint density at radius 2 is 1.65 bits per heavy atom. The lowest BCUT2D eigenvalue weighted by atomic mass is 10.2. The SMILES string of the molecule is COc1ccc(-n2c(S)nnc2-c2ccccc2)cc1. The lowest BCUT2D eigenvalue weighted by molar-refractivity contribution is 0.414. The van der Waals surface area contributed by atoms with E-state index < -0.39 is 0 Å². The number of aromatic nitrogens is 3. The first-order valence-electron chi connectivity index (χ1n) is 6.14. The van der Waals surface area contributed by atoms with Crippen molar-refractivity contribution in [2.75, 3.05) is 7.11 Å². The molecule has 20 heavy (non-hydrogen) atoms. The number of nitrogens with zero attached hydrogens (tertiary/aromatic N) is 3. The highest BCUT2D eigenvalue weighted by molar-refractivity contribution is 7.80. The smallest absolute Gasteiger partial charge is 0.193 e. The van der Waals surface area contributed by atoms with Gasteiger partial charge in [0, 0.05) is 11.3 Å². The molecule has 1 aromatic heterocycles. The largest absolute Gasteiger partial charge is 0.497 e. The van der Waals surface area contributed by atoms with Gasteiger partial charge in [0.1, 0.15) is 5.75 Å². The Balaban J connectivity index is 2.11. The standard InChI is InChI=1S/C15H13N3OS/c1-19-13-9-7-12(8-10-13)18-14(16-17-15(18)20)11-5-3-2-4-6-11/h2-10H,1H3,(H,17,20). The van der Waals surface area contributed by atoms with E-state index in [1.807, 2.05) is 59.2 Å². The molecule has 0 fully saturated rings. The van der Waals surface area contributed by atoms with Gasteiger partial charge in [0.2, 0.25) is 0 Å². The summed E-state index contributed by atoms with van der Waals surface area (Å²) in [7, 11) is 1.65. The summed E-state index contributed by atoms with van der Waals surface area (Å²) in [5, 5.41) is 8.82. The lowest BCUT2D eigenvalue weighted by Crippen LogP contribution is -1.98. The Bertz CT molecular complexity index is 708. The highest BCUT2D eigenvalue weighted by Gasteiger charge is 2.12. The van der Waals surface area contributed by atoms with E-state index in [1.165, 1.54) is 0 Å². The molecule has 3 rings (SSSR count). The van der Waals surface area contributed by atoms with Crippen molar-refractivity contribution >= 4 is 12.6 Å². The van der Waals surface area contributed by atoms with E-state index in [-0.39, 0.29) is 0 Å². The van der Waals surface area contributed by atoms with Crippen LogP contribution in [0.5, 0.6) is 5.75 Å². The second kappa shape index (κ2) is 5.38. The van der Waals surface area contributed by atoms with Gasteiger partial charge in [-0.3, -0.25) is 4.57 Å². The zero-order chi connectivity index (χ0) is 13.9. The molecule has 0 bridgehead atoms. The molecule has 0 saturated heterocycles. The van der Waals surface area contributed by atoms with Crippen LogP contribution < -0.4 is 4.74 Å². The Morgan fingerprint density at radius 3 is 2.30 bits per heavy atom. The molecule has 1 heterocycles. The van der Waals surface area contributed by atoms with Crippen LogP contribution in [0.4, 0.5) is 0 Å². The number of rotatable bonds is 3. The fourth-order valence-corrected chi connectivity index (χ4v) is 2.27. The van der Waals surface area contributed by atoms with Crippen molar-refractivity contribution < 1.29 is 4.74 Å². The maximum Gasteiger partial charge on any atom is 0.193 e. The summed E-state index contributed by atoms with van der Waals surface area (Å²) in [6.07, 6.45) is 0. The average molecular weight is 283 g/mol. The summed E-state index contributed by atoms with van der Waals surface area (Å²) in [4.78, 5) is 0. The minimum atomic E-state index is 0.550. The molecule has 0 aliphatic carbocycles. The van der Waals surface area contributed by atoms with Crippen molar-refractivity contribution in [3.8, 4) is 22.8 Å². The minimum absolute atomic E-state index is 0.550. The summed E-state index contributed by atoms with van der Waals surface area (Å²) < 4.78 is 7.07. The molecule has 4 nitrogen and oxygen atoms in total. The molecule has 0 atom stereocenters. The highest BCUT2D eigenvalue weighted by Crippen LogP contribution is 2.25. The fraction of sp³-hybridized carbons (Fsp3) is 0.0667. The first-order chi connectivity index (χ1) is 9.79. The third-order valence-corrected chi connectivity index (χ3v) is 3.30. The number of ether oxygens (including phenoxy) is 1. The van der Waals surface area contributed by atoms with Crippen LogP contribution in [0.2, 0.25) is 0 Å². The van der Waals surface area contributed by atoms with E-state index in [1.54, 1.807) is 7.11 Å². The minimum Gasteiger partial charge on any atom is -0.497 e. The molecular weight excluding hydrogens is 270 g/mol. The van der Waals surface area contributed by atoms with Gasteiger partial charge < -0.3 is 4.74 Å². The second-order valence-corrected chi connectivity index (χ2v) is 4.62. The van der Waals surface area contributed by atoms with E-state index in [0.29, 0.717) is 5.16 Å². The fourth-order valence-electron chi connectivity index (χ4n) is 2.02. The van der Waals surface area contributed by atoms with Crippen LogP contribution in [-0.4, -0.2) is 21.9 Å². The molecule has 2 aromatic carbocycles. The number of hydrogen-bond acceptors (Lipinski definition) is 4. The van der Waals surface area contributed by atoms with Crippen molar-refractivity contribution in [2.45, 2.75) is 5.16 Å². The summed E-state index contributed by atoms with van der Waals surface area (Å²) in [5.41, 5.74) is 1.94. The summed E-state index contributed by atoms with van der Waals surface area (Å²) >= 11 is 4.39. The van der Waals surface area contributed by atoms with E-state index in [4.69, 9.17) is 4.74 Å². The van der Waals surface area contributed by atoms with Crippen LogP contribution in [0.15, 0.2) is 59.8 Å². The van der Waals surface area contributed by atoms with E-state index in [9.17, 15) is 0 Å². The quantitative estimate of drug-likeness (QED) is 0.750. The lowest BCUT2D eigenvalue weighted by Gasteiger charge is -2.09. The predicted molar refractivity (Wildman–Crippen MR) is 80.6 cm³/mol. The van der Waals surface area contributed by atoms with E-state index >= 15 is 0 Å². The maximum absolute atomic E-state index is 5.17. The molecule has 3 aromatic rings. The van der Waals surface area contributed by atoms with Gasteiger partial charge in [0.15, 0.2) is 11.0 Å². The second-order valence-electron chi connectivity index (χ2n) is 4.22. The molecule has 5 heteroatoms. The van der Waals surface area contributed by atoms with Crippen LogP contribution >= 0.6 is 12.6 Å². The number of methoxy groups -OCH3 is 1. The monoisotopic (exact) mass is 283 g/mol. The van der Waals surface area contributed by atoms with Gasteiger partial charge in [0.25, 0.3) is 0 Å². The van der Waals surface area contributed by atoms with Gasteiger partial charge in [-0.15, -0.1) is 22.8 Å². The number of hydrogen-bond donors (Lipinski definition) is 1. The van der Waals surface area contributed by atoms with Crippen LogP contribution in [0.1, 0.15) is 0 Å². The van der Waals surface area contributed by atoms with Crippen LogP contribution in [0, 0.1) is 0 Å². The molecule has 0 saturated carbocycles. The van der Waals surface area contributed by atoms with Crippen molar-refractivity contribution in [2.24, 2.45) is 0 Å². The molecule has 0 spiro atoms. The normalized spacial score (nSPS) is 10.5. The molecule has 0 radical (unpaired) electrons. The zero-order valence-electron chi connectivity index (χ0n) is 10.9. The Hall–Kier alpha value is -2.27. The zero-order valence-corrected chi connectivity index (χ0v) is 11.8. The Labute approximate surface area is 122 Å². The molecule has 0 unspecified atom stereocenters. The van der Waals surface area contributed by atoms with Crippen LogP contribution in [-0.2, 0) is 0 Å². The first kappa shape index (κ1) is 12.7. The molecule has 0 aliphatic rings. The van der Waals surface area contributed by atoms with Gasteiger partial charge in [-0.05, 0) is 24.3 Å². The van der Waals surface area contributed by atoms with E-state index in [0.717, 1.165) is 22.8 Å². The van der Waals surface area contributed by atoms with Gasteiger partial charge in [-0.1, -0.05) is 30.3 Å². The topological polar surface area (TPSA) is 39.9 Å². The van der Waals surface area contributed by atoms with Crippen molar-refractivity contribution in [1.29, 1.82) is 0 Å². The van der Waals surface area contributed by atoms with Crippen molar-refractivity contribution in [3.05, 3.63) is 54.6 Å². The first-order valence-corrected chi connectivity index (χ1v) is 6.58. The Morgan fingerprint density at radius 1 is 0.950 bits per heavy atom. The summed E-state index contributed by atoms with van der Waals surface area (Å²) in [5.74, 6) is 1.57. The molecule has 0 aliphatic heterocycles. The van der Waals surface area contributed by atoms with Crippen LogP contribution in [0.3, 0.4) is 0 Å². The molecule has 100 valence electrons. The van der Waals surface area contributed by atoms with Gasteiger partial charge >= 0.3 is 0 Å². The summed E-state index contributed by atoms with van der Waals surface area (Å²) in [6.45, 7) is 0. The third-order valence-electron chi connectivity index (χ3n) is 3.01. The van der Waals surface area contributed by atoms with Gasteiger partial charge in [-0.2, -0.15) is 0 Å².